The van der Waals surface area contributed by atoms with Crippen LogP contribution in [0.15, 0.2) is 47.5 Å². The van der Waals surface area contributed by atoms with Crippen molar-refractivity contribution in [1.82, 2.24) is 3.97 Å². The fraction of sp³-hybridized carbons (Fsp3) is 0.0833. The zero-order chi connectivity index (χ0) is 13.3. The van der Waals surface area contributed by atoms with Crippen LogP contribution in [0.1, 0.15) is 16.1 Å². The first-order valence-electron chi connectivity index (χ1n) is 5.16. The number of nitrogens with zero attached hydrogens (tertiary/aromatic N) is 1. The standard InChI is InChI=1S/C12H11NO4S/c1-9-4-3-7-13(9)18(16,17)11-6-2-5-10(8-11)12(14)15/h2-8H,1H3,(H,14,15). The van der Waals surface area contributed by atoms with Gasteiger partial charge in [-0.25, -0.2) is 17.2 Å². The van der Waals surface area contributed by atoms with Crippen LogP contribution in [0.4, 0.5) is 0 Å². The van der Waals surface area contributed by atoms with Gasteiger partial charge < -0.3 is 5.11 Å². The largest absolute Gasteiger partial charge is 0.478 e. The Morgan fingerprint density at radius 1 is 1.22 bits per heavy atom. The van der Waals surface area contributed by atoms with Crippen molar-refractivity contribution < 1.29 is 18.3 Å². The normalized spacial score (nSPS) is 11.4. The molecule has 0 bridgehead atoms. The summed E-state index contributed by atoms with van der Waals surface area (Å²) >= 11 is 0. The summed E-state index contributed by atoms with van der Waals surface area (Å²) in [6, 6.07) is 8.57. The van der Waals surface area contributed by atoms with E-state index in [0.29, 0.717) is 5.69 Å². The second kappa shape index (κ2) is 4.30. The molecule has 18 heavy (non-hydrogen) atoms. The molecule has 0 unspecified atom stereocenters. The topological polar surface area (TPSA) is 76.4 Å². The third-order valence-corrected chi connectivity index (χ3v) is 4.32. The van der Waals surface area contributed by atoms with Gasteiger partial charge in [0, 0.05) is 11.9 Å². The number of aromatic carboxylic acids is 1. The maximum absolute atomic E-state index is 12.3. The molecular weight excluding hydrogens is 254 g/mol. The summed E-state index contributed by atoms with van der Waals surface area (Å²) in [5.41, 5.74) is 0.511. The number of carboxylic acids is 1. The minimum absolute atomic E-state index is 0.0401. The van der Waals surface area contributed by atoms with Gasteiger partial charge in [0.2, 0.25) is 0 Å². The number of rotatable bonds is 3. The summed E-state index contributed by atoms with van der Waals surface area (Å²) in [4.78, 5) is 10.8. The molecule has 0 saturated heterocycles. The fourth-order valence-corrected chi connectivity index (χ4v) is 3.05. The molecule has 1 aromatic heterocycles. The molecule has 94 valence electrons. The predicted octanol–water partition coefficient (Wildman–Crippen LogP) is 1.73. The SMILES string of the molecule is Cc1cccn1S(=O)(=O)c1cccc(C(=O)O)c1. The molecule has 0 aliphatic rings. The Labute approximate surface area is 104 Å². The summed E-state index contributed by atoms with van der Waals surface area (Å²) in [5.74, 6) is -1.16. The van der Waals surface area contributed by atoms with E-state index < -0.39 is 16.0 Å². The lowest BCUT2D eigenvalue weighted by Crippen LogP contribution is -2.14. The number of aromatic nitrogens is 1. The third-order valence-electron chi connectivity index (χ3n) is 2.54. The van der Waals surface area contributed by atoms with Gasteiger partial charge in [0.25, 0.3) is 10.0 Å². The van der Waals surface area contributed by atoms with Crippen molar-refractivity contribution in [3.8, 4) is 0 Å². The van der Waals surface area contributed by atoms with Crippen LogP contribution in [-0.4, -0.2) is 23.5 Å². The van der Waals surface area contributed by atoms with E-state index in [-0.39, 0.29) is 10.5 Å². The van der Waals surface area contributed by atoms with E-state index in [4.69, 9.17) is 5.11 Å². The molecule has 0 atom stereocenters. The lowest BCUT2D eigenvalue weighted by atomic mass is 10.2. The molecule has 0 radical (unpaired) electrons. The Balaban J connectivity index is 2.59. The minimum atomic E-state index is -3.73. The average Bonchev–Trinajstić information content (AvgIpc) is 2.76. The lowest BCUT2D eigenvalue weighted by Gasteiger charge is -2.08. The van der Waals surface area contributed by atoms with Crippen molar-refractivity contribution >= 4 is 16.0 Å². The van der Waals surface area contributed by atoms with Gasteiger partial charge in [0.1, 0.15) is 0 Å². The van der Waals surface area contributed by atoms with Crippen molar-refractivity contribution in [3.05, 3.63) is 53.9 Å². The molecular formula is C12H11NO4S. The Morgan fingerprint density at radius 3 is 2.50 bits per heavy atom. The Kier molecular flexibility index (Phi) is 2.96. The molecule has 0 amide bonds. The van der Waals surface area contributed by atoms with Crippen molar-refractivity contribution in [2.24, 2.45) is 0 Å². The van der Waals surface area contributed by atoms with Crippen LogP contribution < -0.4 is 0 Å². The molecule has 0 fully saturated rings. The molecule has 0 aliphatic carbocycles. The number of aryl methyl sites for hydroxylation is 1. The highest BCUT2D eigenvalue weighted by Crippen LogP contribution is 2.17. The minimum Gasteiger partial charge on any atom is -0.478 e. The van der Waals surface area contributed by atoms with E-state index in [0.717, 1.165) is 10.0 Å². The summed E-state index contributed by atoms with van der Waals surface area (Å²) in [7, 11) is -3.73. The zero-order valence-corrected chi connectivity index (χ0v) is 10.4. The Morgan fingerprint density at radius 2 is 1.94 bits per heavy atom. The molecule has 2 rings (SSSR count). The van der Waals surface area contributed by atoms with E-state index in [2.05, 4.69) is 0 Å². The predicted molar refractivity (Wildman–Crippen MR) is 65.2 cm³/mol. The number of carbonyl (C=O) groups is 1. The number of carboxylic acid groups (broad SMARTS) is 1. The lowest BCUT2D eigenvalue weighted by molar-refractivity contribution is 0.0696. The monoisotopic (exact) mass is 265 g/mol. The smallest absolute Gasteiger partial charge is 0.335 e. The quantitative estimate of drug-likeness (QED) is 0.917. The molecule has 0 spiro atoms. The highest BCUT2D eigenvalue weighted by molar-refractivity contribution is 7.90. The molecule has 1 aromatic carbocycles. The maximum Gasteiger partial charge on any atom is 0.335 e. The van der Waals surface area contributed by atoms with Crippen molar-refractivity contribution in [1.29, 1.82) is 0 Å². The van der Waals surface area contributed by atoms with Crippen LogP contribution in [0.2, 0.25) is 0 Å². The van der Waals surface area contributed by atoms with Crippen molar-refractivity contribution in [2.75, 3.05) is 0 Å². The van der Waals surface area contributed by atoms with Crippen LogP contribution in [0.5, 0.6) is 0 Å². The van der Waals surface area contributed by atoms with E-state index in [1.54, 1.807) is 19.1 Å². The van der Waals surface area contributed by atoms with Gasteiger partial charge >= 0.3 is 5.97 Å². The summed E-state index contributed by atoms with van der Waals surface area (Å²) < 4.78 is 25.6. The van der Waals surface area contributed by atoms with Gasteiger partial charge in [-0.15, -0.1) is 0 Å². The number of hydrogen-bond acceptors (Lipinski definition) is 3. The van der Waals surface area contributed by atoms with Gasteiger partial charge in [-0.2, -0.15) is 0 Å². The summed E-state index contributed by atoms with van der Waals surface area (Å²) in [5, 5.41) is 8.86. The first-order chi connectivity index (χ1) is 8.43. The molecule has 5 nitrogen and oxygen atoms in total. The van der Waals surface area contributed by atoms with E-state index in [9.17, 15) is 13.2 Å². The van der Waals surface area contributed by atoms with Crippen LogP contribution in [0, 0.1) is 6.92 Å². The van der Waals surface area contributed by atoms with Crippen LogP contribution >= 0.6 is 0 Å². The number of benzene rings is 1. The Bertz CT molecular complexity index is 700. The molecule has 1 N–H and O–H groups in total. The van der Waals surface area contributed by atoms with Gasteiger partial charge in [-0.05, 0) is 37.3 Å². The molecule has 2 aromatic rings. The first-order valence-corrected chi connectivity index (χ1v) is 6.60. The van der Waals surface area contributed by atoms with Crippen molar-refractivity contribution in [2.45, 2.75) is 11.8 Å². The van der Waals surface area contributed by atoms with E-state index in [1.165, 1.54) is 24.4 Å². The second-order valence-corrected chi connectivity index (χ2v) is 5.60. The zero-order valence-electron chi connectivity index (χ0n) is 9.57. The highest BCUT2D eigenvalue weighted by Gasteiger charge is 2.19. The fourth-order valence-electron chi connectivity index (χ4n) is 1.62. The van der Waals surface area contributed by atoms with Gasteiger partial charge in [-0.1, -0.05) is 6.07 Å². The number of hydrogen-bond donors (Lipinski definition) is 1. The summed E-state index contributed by atoms with van der Waals surface area (Å²) in [6.07, 6.45) is 1.43. The van der Waals surface area contributed by atoms with E-state index in [1.807, 2.05) is 0 Å². The average molecular weight is 265 g/mol. The van der Waals surface area contributed by atoms with Crippen LogP contribution in [0.3, 0.4) is 0 Å². The van der Waals surface area contributed by atoms with Gasteiger partial charge in [0.15, 0.2) is 0 Å². The van der Waals surface area contributed by atoms with Gasteiger partial charge in [0.05, 0.1) is 10.5 Å². The van der Waals surface area contributed by atoms with Crippen LogP contribution in [0.25, 0.3) is 0 Å². The maximum atomic E-state index is 12.3. The Hall–Kier alpha value is -2.08. The van der Waals surface area contributed by atoms with Gasteiger partial charge in [-0.3, -0.25) is 0 Å². The molecule has 1 heterocycles. The second-order valence-electron chi connectivity index (χ2n) is 3.78. The molecule has 0 saturated carbocycles. The van der Waals surface area contributed by atoms with Crippen molar-refractivity contribution in [3.63, 3.8) is 0 Å². The molecule has 6 heteroatoms. The molecule has 0 aliphatic heterocycles. The van der Waals surface area contributed by atoms with E-state index >= 15 is 0 Å². The third kappa shape index (κ3) is 2.02. The first kappa shape index (κ1) is 12.4. The van der Waals surface area contributed by atoms with Crippen LogP contribution in [-0.2, 0) is 10.0 Å². The highest BCUT2D eigenvalue weighted by atomic mass is 32.2. The summed E-state index contributed by atoms with van der Waals surface area (Å²) in [6.45, 7) is 1.67.